The minimum atomic E-state index is -0.770. The molecule has 1 aliphatic rings. The van der Waals surface area contributed by atoms with Crippen molar-refractivity contribution in [1.29, 1.82) is 0 Å². The number of nitrogens with one attached hydrogen (secondary N) is 2. The summed E-state index contributed by atoms with van der Waals surface area (Å²) in [4.78, 5) is 17.3. The van der Waals surface area contributed by atoms with E-state index in [1.807, 2.05) is 25.2 Å². The molecule has 41 heavy (non-hydrogen) atoms. The van der Waals surface area contributed by atoms with Gasteiger partial charge >= 0.3 is 0 Å². The van der Waals surface area contributed by atoms with E-state index in [1.54, 1.807) is 25.1 Å². The maximum absolute atomic E-state index is 14.3. The molecular formula is C29H32F2N6O3S. The molecule has 0 bridgehead atoms. The predicted molar refractivity (Wildman–Crippen MR) is 154 cm³/mol. The van der Waals surface area contributed by atoms with E-state index >= 15 is 0 Å². The van der Waals surface area contributed by atoms with Crippen LogP contribution in [0, 0.1) is 11.6 Å². The minimum Gasteiger partial charge on any atom is -0.497 e. The van der Waals surface area contributed by atoms with Crippen molar-refractivity contribution in [3.63, 3.8) is 0 Å². The molecule has 0 radical (unpaired) electrons. The standard InChI is InChI=1S/C29H32F2N6O3S/c1-37-26(16-7-10-18(11-8-16)33-14-17-9-12-19(39-2)13-23(17)40-3)22(15-34-37)35-28(38)25-27(32)41-29(36-25)24-20(30)5-4-6-21(24)31/h4-6,9,12-13,15-16,18,33H,7-8,10-11,14,32H2,1-3H3,(H,35,38). The van der Waals surface area contributed by atoms with Crippen molar-refractivity contribution in [2.45, 2.75) is 44.2 Å². The summed E-state index contributed by atoms with van der Waals surface area (Å²) >= 11 is 0.863. The zero-order valence-corrected chi connectivity index (χ0v) is 23.9. The van der Waals surface area contributed by atoms with Crippen molar-refractivity contribution in [2.24, 2.45) is 7.05 Å². The molecule has 0 atom stereocenters. The molecule has 1 saturated carbocycles. The summed E-state index contributed by atoms with van der Waals surface area (Å²) in [5.41, 5.74) is 8.22. The van der Waals surface area contributed by atoms with E-state index in [2.05, 4.69) is 20.7 Å². The van der Waals surface area contributed by atoms with Gasteiger partial charge in [0, 0.05) is 37.2 Å². The zero-order valence-electron chi connectivity index (χ0n) is 23.0. The van der Waals surface area contributed by atoms with Gasteiger partial charge in [-0.15, -0.1) is 0 Å². The van der Waals surface area contributed by atoms with Crippen LogP contribution in [0.1, 0.15) is 53.3 Å². The third-order valence-corrected chi connectivity index (χ3v) is 8.37. The number of hydrogen-bond donors (Lipinski definition) is 3. The highest BCUT2D eigenvalue weighted by molar-refractivity contribution is 7.19. The molecule has 4 aromatic rings. The monoisotopic (exact) mass is 582 g/mol. The number of methoxy groups -OCH3 is 2. The molecule has 0 aliphatic heterocycles. The third-order valence-electron chi connectivity index (χ3n) is 7.47. The van der Waals surface area contributed by atoms with Gasteiger partial charge in [-0.2, -0.15) is 5.10 Å². The first kappa shape index (κ1) is 28.5. The molecule has 1 aliphatic carbocycles. The third kappa shape index (κ3) is 6.03. The molecule has 2 heterocycles. The fourth-order valence-electron chi connectivity index (χ4n) is 5.34. The van der Waals surface area contributed by atoms with E-state index in [0.717, 1.165) is 71.9 Å². The van der Waals surface area contributed by atoms with Gasteiger partial charge in [-0.05, 0) is 43.9 Å². The van der Waals surface area contributed by atoms with E-state index in [-0.39, 0.29) is 27.2 Å². The molecule has 216 valence electrons. The molecule has 0 saturated heterocycles. The maximum Gasteiger partial charge on any atom is 0.277 e. The minimum absolute atomic E-state index is 0.00717. The van der Waals surface area contributed by atoms with Crippen LogP contribution in [0.25, 0.3) is 10.6 Å². The number of nitrogens with two attached hydrogens (primary N) is 1. The van der Waals surface area contributed by atoms with Crippen molar-refractivity contribution in [1.82, 2.24) is 20.1 Å². The van der Waals surface area contributed by atoms with Gasteiger partial charge in [0.15, 0.2) is 5.69 Å². The Balaban J connectivity index is 1.23. The summed E-state index contributed by atoms with van der Waals surface area (Å²) in [7, 11) is 5.13. The highest BCUT2D eigenvalue weighted by atomic mass is 32.1. The average Bonchev–Trinajstić information content (AvgIpc) is 3.53. The fraction of sp³-hybridized carbons (Fsp3) is 0.345. The number of halogens is 2. The largest absolute Gasteiger partial charge is 0.497 e. The quantitative estimate of drug-likeness (QED) is 0.239. The van der Waals surface area contributed by atoms with Crippen molar-refractivity contribution < 1.29 is 23.0 Å². The summed E-state index contributed by atoms with van der Waals surface area (Å²) in [5.74, 6) is -0.362. The summed E-state index contributed by atoms with van der Waals surface area (Å²) in [5, 5.41) is 11.0. The number of ether oxygens (including phenoxy) is 2. The lowest BCUT2D eigenvalue weighted by Gasteiger charge is -2.30. The number of rotatable bonds is 9. The topological polar surface area (TPSA) is 116 Å². The Hall–Kier alpha value is -4.03. The number of hydrogen-bond acceptors (Lipinski definition) is 8. The van der Waals surface area contributed by atoms with Crippen LogP contribution >= 0.6 is 11.3 Å². The Bertz CT molecular complexity index is 1530. The van der Waals surface area contributed by atoms with Crippen molar-refractivity contribution in [2.75, 3.05) is 25.3 Å². The summed E-state index contributed by atoms with van der Waals surface area (Å²) < 4.78 is 41.1. The highest BCUT2D eigenvalue weighted by Crippen LogP contribution is 2.38. The smallest absolute Gasteiger partial charge is 0.277 e. The maximum atomic E-state index is 14.3. The number of aromatic nitrogens is 3. The second-order valence-electron chi connectivity index (χ2n) is 9.96. The van der Waals surface area contributed by atoms with E-state index in [9.17, 15) is 13.6 Å². The van der Waals surface area contributed by atoms with Crippen LogP contribution in [0.2, 0.25) is 0 Å². The molecule has 5 rings (SSSR count). The lowest BCUT2D eigenvalue weighted by molar-refractivity contribution is 0.102. The number of benzene rings is 2. The van der Waals surface area contributed by atoms with Gasteiger partial charge in [0.1, 0.15) is 33.1 Å². The predicted octanol–water partition coefficient (Wildman–Crippen LogP) is 5.49. The first-order chi connectivity index (χ1) is 19.8. The lowest BCUT2D eigenvalue weighted by atomic mass is 9.83. The molecule has 1 fully saturated rings. The Morgan fingerprint density at radius 2 is 1.85 bits per heavy atom. The number of aryl methyl sites for hydroxylation is 1. The molecule has 2 aromatic heterocycles. The van der Waals surface area contributed by atoms with Gasteiger partial charge in [0.05, 0.1) is 37.4 Å². The second kappa shape index (κ2) is 12.2. The van der Waals surface area contributed by atoms with Gasteiger partial charge in [-0.25, -0.2) is 13.8 Å². The summed E-state index contributed by atoms with van der Waals surface area (Å²) in [6, 6.07) is 9.69. The Kier molecular flexibility index (Phi) is 8.50. The summed E-state index contributed by atoms with van der Waals surface area (Å²) in [6.07, 6.45) is 5.34. The van der Waals surface area contributed by atoms with Crippen LogP contribution in [-0.2, 0) is 13.6 Å². The number of nitrogen functional groups attached to an aromatic ring is 1. The van der Waals surface area contributed by atoms with Crippen LogP contribution in [0.5, 0.6) is 11.5 Å². The Labute approximate surface area is 240 Å². The Morgan fingerprint density at radius 1 is 1.12 bits per heavy atom. The van der Waals surface area contributed by atoms with Crippen LogP contribution in [0.4, 0.5) is 19.5 Å². The van der Waals surface area contributed by atoms with Gasteiger partial charge in [0.2, 0.25) is 0 Å². The molecule has 12 heteroatoms. The number of thiazole rings is 1. The molecule has 1 amide bonds. The number of anilines is 2. The number of nitrogens with zero attached hydrogens (tertiary/aromatic N) is 3. The average molecular weight is 583 g/mol. The first-order valence-electron chi connectivity index (χ1n) is 13.3. The van der Waals surface area contributed by atoms with Crippen LogP contribution < -0.4 is 25.8 Å². The van der Waals surface area contributed by atoms with E-state index < -0.39 is 17.5 Å². The SMILES string of the molecule is COc1ccc(CNC2CCC(c3c(NC(=O)c4nc(-c5c(F)cccc5F)sc4N)cnn3C)CC2)c(OC)c1. The fourth-order valence-corrected chi connectivity index (χ4v) is 6.21. The van der Waals surface area contributed by atoms with E-state index in [0.29, 0.717) is 18.3 Å². The number of amides is 1. The van der Waals surface area contributed by atoms with E-state index in [1.165, 1.54) is 6.07 Å². The molecule has 4 N–H and O–H groups in total. The van der Waals surface area contributed by atoms with Gasteiger partial charge in [-0.1, -0.05) is 23.5 Å². The van der Waals surface area contributed by atoms with Crippen molar-refractivity contribution in [3.8, 4) is 22.1 Å². The van der Waals surface area contributed by atoms with Crippen LogP contribution in [-0.4, -0.2) is 40.9 Å². The Morgan fingerprint density at radius 3 is 2.54 bits per heavy atom. The molecular weight excluding hydrogens is 550 g/mol. The number of carbonyl (C=O) groups is 1. The van der Waals surface area contributed by atoms with Crippen molar-refractivity contribution in [3.05, 3.63) is 71.2 Å². The van der Waals surface area contributed by atoms with Gasteiger partial charge in [0.25, 0.3) is 5.91 Å². The summed E-state index contributed by atoms with van der Waals surface area (Å²) in [6.45, 7) is 0.684. The van der Waals surface area contributed by atoms with Crippen LogP contribution in [0.15, 0.2) is 42.6 Å². The van der Waals surface area contributed by atoms with Gasteiger partial charge < -0.3 is 25.8 Å². The normalized spacial score (nSPS) is 16.9. The molecule has 0 unspecified atom stereocenters. The first-order valence-corrected chi connectivity index (χ1v) is 14.1. The van der Waals surface area contributed by atoms with E-state index in [4.69, 9.17) is 15.2 Å². The van der Waals surface area contributed by atoms with Crippen LogP contribution in [0.3, 0.4) is 0 Å². The number of carbonyl (C=O) groups excluding carboxylic acids is 1. The molecule has 2 aromatic carbocycles. The second-order valence-corrected chi connectivity index (χ2v) is 11.0. The van der Waals surface area contributed by atoms with Crippen molar-refractivity contribution >= 4 is 27.9 Å². The highest BCUT2D eigenvalue weighted by Gasteiger charge is 2.28. The molecule has 0 spiro atoms. The van der Waals surface area contributed by atoms with Gasteiger partial charge in [-0.3, -0.25) is 9.48 Å². The molecule has 9 nitrogen and oxygen atoms in total. The lowest BCUT2D eigenvalue weighted by Crippen LogP contribution is -2.33. The zero-order chi connectivity index (χ0) is 29.1.